The third kappa shape index (κ3) is 5.59. The van der Waals surface area contributed by atoms with Crippen molar-refractivity contribution >= 4 is 11.6 Å². The van der Waals surface area contributed by atoms with Gasteiger partial charge < -0.3 is 20.5 Å². The van der Waals surface area contributed by atoms with Crippen LogP contribution in [-0.2, 0) is 9.53 Å². The van der Waals surface area contributed by atoms with Crippen molar-refractivity contribution in [3.63, 3.8) is 0 Å². The average molecular weight is 280 g/mol. The summed E-state index contributed by atoms with van der Waals surface area (Å²) in [6.45, 7) is 3.47. The predicted octanol–water partition coefficient (Wildman–Crippen LogP) is 2.03. The lowest BCUT2D eigenvalue weighted by molar-refractivity contribution is -0.119. The monoisotopic (exact) mass is 280 g/mol. The quantitative estimate of drug-likeness (QED) is 0.679. The number of hydrogen-bond acceptors (Lipinski definition) is 4. The zero-order valence-electron chi connectivity index (χ0n) is 12.2. The second kappa shape index (κ2) is 9.34. The molecular weight excluding hydrogens is 256 g/mol. The average Bonchev–Trinajstić information content (AvgIpc) is 2.46. The van der Waals surface area contributed by atoms with Crippen LogP contribution in [0.1, 0.15) is 19.8 Å². The van der Waals surface area contributed by atoms with Crippen molar-refractivity contribution in [2.45, 2.75) is 19.8 Å². The van der Waals surface area contributed by atoms with Gasteiger partial charge in [0.2, 0.25) is 5.91 Å². The van der Waals surface area contributed by atoms with Crippen molar-refractivity contribution < 1.29 is 14.3 Å². The number of rotatable bonds is 9. The Labute approximate surface area is 120 Å². The van der Waals surface area contributed by atoms with E-state index >= 15 is 0 Å². The fourth-order valence-electron chi connectivity index (χ4n) is 1.83. The van der Waals surface area contributed by atoms with Crippen LogP contribution in [0.5, 0.6) is 5.75 Å². The molecule has 0 radical (unpaired) electrons. The first-order valence-electron chi connectivity index (χ1n) is 6.94. The summed E-state index contributed by atoms with van der Waals surface area (Å²) in [6.07, 6.45) is 1.75. The predicted molar refractivity (Wildman–Crippen MR) is 79.9 cm³/mol. The maximum Gasteiger partial charge on any atom is 0.228 e. The molecule has 0 heterocycles. The number of anilines is 1. The van der Waals surface area contributed by atoms with Crippen molar-refractivity contribution in [1.29, 1.82) is 0 Å². The fourth-order valence-corrected chi connectivity index (χ4v) is 1.83. The van der Waals surface area contributed by atoms with Crippen LogP contribution in [0.4, 0.5) is 5.69 Å². The summed E-state index contributed by atoms with van der Waals surface area (Å²) in [7, 11) is 1.63. The van der Waals surface area contributed by atoms with E-state index in [9.17, 15) is 4.79 Å². The van der Waals surface area contributed by atoms with Gasteiger partial charge in [-0.1, -0.05) is 13.3 Å². The molecule has 1 aromatic carbocycles. The molecule has 0 aliphatic rings. The van der Waals surface area contributed by atoms with Crippen LogP contribution >= 0.6 is 0 Å². The number of hydrogen-bond donors (Lipinski definition) is 2. The molecule has 1 aromatic rings. The summed E-state index contributed by atoms with van der Waals surface area (Å²) >= 11 is 0. The van der Waals surface area contributed by atoms with Crippen LogP contribution in [0, 0.1) is 5.92 Å². The lowest BCUT2D eigenvalue weighted by Gasteiger charge is -2.14. The van der Waals surface area contributed by atoms with Gasteiger partial charge in [-0.15, -0.1) is 0 Å². The van der Waals surface area contributed by atoms with Crippen LogP contribution in [0.2, 0.25) is 0 Å². The number of nitrogens with one attached hydrogen (secondary N) is 1. The van der Waals surface area contributed by atoms with Crippen molar-refractivity contribution in [2.75, 3.05) is 32.2 Å². The van der Waals surface area contributed by atoms with Crippen LogP contribution in [0.3, 0.4) is 0 Å². The normalized spacial score (nSPS) is 11.9. The van der Waals surface area contributed by atoms with Crippen molar-refractivity contribution in [2.24, 2.45) is 11.7 Å². The highest BCUT2D eigenvalue weighted by Crippen LogP contribution is 2.17. The SMILES string of the molecule is CCCC(CN)C(=O)Nc1ccc(OCCOC)cc1. The molecular formula is C15H24N2O3. The zero-order valence-corrected chi connectivity index (χ0v) is 12.2. The number of ether oxygens (including phenoxy) is 2. The van der Waals surface area contributed by atoms with Crippen molar-refractivity contribution in [3.05, 3.63) is 24.3 Å². The Morgan fingerprint density at radius 1 is 1.30 bits per heavy atom. The summed E-state index contributed by atoms with van der Waals surface area (Å²) in [5, 5.41) is 2.87. The second-order valence-corrected chi connectivity index (χ2v) is 4.58. The number of carbonyl (C=O) groups excluding carboxylic acids is 1. The van der Waals surface area contributed by atoms with E-state index in [0.717, 1.165) is 24.3 Å². The molecule has 0 aromatic heterocycles. The van der Waals surface area contributed by atoms with E-state index in [1.54, 1.807) is 7.11 Å². The smallest absolute Gasteiger partial charge is 0.228 e. The highest BCUT2D eigenvalue weighted by Gasteiger charge is 2.15. The molecule has 1 unspecified atom stereocenters. The molecule has 5 heteroatoms. The standard InChI is InChI=1S/C15H24N2O3/c1-3-4-12(11-16)15(18)17-13-5-7-14(8-6-13)20-10-9-19-2/h5-8,12H,3-4,9-11,16H2,1-2H3,(H,17,18). The maximum absolute atomic E-state index is 12.0. The largest absolute Gasteiger partial charge is 0.491 e. The van der Waals surface area contributed by atoms with Crippen LogP contribution in [0.25, 0.3) is 0 Å². The summed E-state index contributed by atoms with van der Waals surface area (Å²) in [4.78, 5) is 12.0. The van der Waals surface area contributed by atoms with E-state index in [4.69, 9.17) is 15.2 Å². The molecule has 0 bridgehead atoms. The second-order valence-electron chi connectivity index (χ2n) is 4.58. The summed E-state index contributed by atoms with van der Waals surface area (Å²) in [5.41, 5.74) is 6.37. The van der Waals surface area contributed by atoms with E-state index in [0.29, 0.717) is 19.8 Å². The van der Waals surface area contributed by atoms with Gasteiger partial charge >= 0.3 is 0 Å². The molecule has 0 fully saturated rings. The highest BCUT2D eigenvalue weighted by atomic mass is 16.5. The molecule has 0 saturated heterocycles. The van der Waals surface area contributed by atoms with E-state index in [2.05, 4.69) is 5.32 Å². The molecule has 20 heavy (non-hydrogen) atoms. The Morgan fingerprint density at radius 2 is 2.00 bits per heavy atom. The topological polar surface area (TPSA) is 73.6 Å². The number of amides is 1. The summed E-state index contributed by atoms with van der Waals surface area (Å²) in [5.74, 6) is 0.601. The zero-order chi connectivity index (χ0) is 14.8. The van der Waals surface area contributed by atoms with Crippen LogP contribution in [-0.4, -0.2) is 32.8 Å². The van der Waals surface area contributed by atoms with Gasteiger partial charge in [-0.25, -0.2) is 0 Å². The number of carbonyl (C=O) groups is 1. The van der Waals surface area contributed by atoms with E-state index in [1.165, 1.54) is 0 Å². The number of methoxy groups -OCH3 is 1. The Bertz CT molecular complexity index is 393. The Morgan fingerprint density at radius 3 is 2.55 bits per heavy atom. The first-order valence-corrected chi connectivity index (χ1v) is 6.94. The van der Waals surface area contributed by atoms with Gasteiger partial charge in [0.15, 0.2) is 0 Å². The molecule has 0 aliphatic carbocycles. The van der Waals surface area contributed by atoms with E-state index < -0.39 is 0 Å². The first-order chi connectivity index (χ1) is 9.71. The number of nitrogens with two attached hydrogens (primary N) is 1. The first kappa shape index (κ1) is 16.5. The van der Waals surface area contributed by atoms with Gasteiger partial charge in [0.05, 0.1) is 12.5 Å². The van der Waals surface area contributed by atoms with Gasteiger partial charge in [-0.3, -0.25) is 4.79 Å². The van der Waals surface area contributed by atoms with Gasteiger partial charge in [0.1, 0.15) is 12.4 Å². The van der Waals surface area contributed by atoms with Crippen molar-refractivity contribution in [1.82, 2.24) is 0 Å². The Balaban J connectivity index is 2.49. The fraction of sp³-hybridized carbons (Fsp3) is 0.533. The lowest BCUT2D eigenvalue weighted by atomic mass is 10.0. The molecule has 0 saturated carbocycles. The van der Waals surface area contributed by atoms with E-state index in [1.807, 2.05) is 31.2 Å². The van der Waals surface area contributed by atoms with Crippen LogP contribution < -0.4 is 15.8 Å². The molecule has 0 aliphatic heterocycles. The van der Waals surface area contributed by atoms with Gasteiger partial charge in [-0.05, 0) is 30.7 Å². The molecule has 0 spiro atoms. The molecule has 1 rings (SSSR count). The Hall–Kier alpha value is -1.59. The summed E-state index contributed by atoms with van der Waals surface area (Å²) in [6, 6.07) is 7.28. The highest BCUT2D eigenvalue weighted by molar-refractivity contribution is 5.92. The minimum atomic E-state index is -0.127. The minimum Gasteiger partial charge on any atom is -0.491 e. The molecule has 1 atom stereocenters. The van der Waals surface area contributed by atoms with Crippen LogP contribution in [0.15, 0.2) is 24.3 Å². The molecule has 112 valence electrons. The van der Waals surface area contributed by atoms with E-state index in [-0.39, 0.29) is 11.8 Å². The Kier molecular flexibility index (Phi) is 7.69. The molecule has 5 nitrogen and oxygen atoms in total. The number of benzene rings is 1. The minimum absolute atomic E-state index is 0.0256. The maximum atomic E-state index is 12.0. The van der Waals surface area contributed by atoms with Crippen molar-refractivity contribution in [3.8, 4) is 5.75 Å². The van der Waals surface area contributed by atoms with Gasteiger partial charge in [0, 0.05) is 19.3 Å². The third-order valence-electron chi connectivity index (χ3n) is 2.97. The lowest BCUT2D eigenvalue weighted by Crippen LogP contribution is -2.29. The molecule has 3 N–H and O–H groups in total. The summed E-state index contributed by atoms with van der Waals surface area (Å²) < 4.78 is 10.4. The third-order valence-corrected chi connectivity index (χ3v) is 2.97. The van der Waals surface area contributed by atoms with Gasteiger partial charge in [0.25, 0.3) is 0 Å². The van der Waals surface area contributed by atoms with Gasteiger partial charge in [-0.2, -0.15) is 0 Å². The molecule has 1 amide bonds.